The molecule has 1 unspecified atom stereocenters. The predicted molar refractivity (Wildman–Crippen MR) is 110 cm³/mol. The minimum Gasteiger partial charge on any atom is -0.452 e. The summed E-state index contributed by atoms with van der Waals surface area (Å²) in [5.41, 5.74) is 0.883. The standard InChI is InChI=1S/C20H25N3O7S/c1-2-8-22(16-7-9-31(28,29)13-16)18(25)12-30-19(26)15-5-3-14(4-6-15)11-23-17(24)10-21-20(23)27/h3-6,16H,2,7-13H2,1H3,(H,21,27). The molecule has 11 heteroatoms. The van der Waals surface area contributed by atoms with E-state index in [4.69, 9.17) is 4.74 Å². The molecule has 3 rings (SSSR count). The SMILES string of the molecule is CCCN(C(=O)COC(=O)c1ccc(CN2C(=O)CNC2=O)cc1)C1CCS(=O)(=O)C1. The fourth-order valence-electron chi connectivity index (χ4n) is 3.61. The molecule has 0 aliphatic carbocycles. The second kappa shape index (κ2) is 9.46. The van der Waals surface area contributed by atoms with E-state index < -0.39 is 34.4 Å². The largest absolute Gasteiger partial charge is 0.452 e. The molecule has 2 saturated heterocycles. The Hall–Kier alpha value is -2.95. The molecule has 0 radical (unpaired) electrons. The molecule has 1 N–H and O–H groups in total. The van der Waals surface area contributed by atoms with Gasteiger partial charge in [0.2, 0.25) is 5.91 Å². The Balaban J connectivity index is 1.55. The number of sulfone groups is 1. The molecule has 4 amide bonds. The highest BCUT2D eigenvalue weighted by atomic mass is 32.2. The number of rotatable bonds is 8. The van der Waals surface area contributed by atoms with Crippen LogP contribution in [0.25, 0.3) is 0 Å². The van der Waals surface area contributed by atoms with Crippen LogP contribution in [0.3, 0.4) is 0 Å². The van der Waals surface area contributed by atoms with Gasteiger partial charge in [0.15, 0.2) is 16.4 Å². The fraction of sp³-hybridized carbons (Fsp3) is 0.500. The number of nitrogens with one attached hydrogen (secondary N) is 1. The Kier molecular flexibility index (Phi) is 6.94. The molecule has 2 fully saturated rings. The normalized spacial score (nSPS) is 19.9. The summed E-state index contributed by atoms with van der Waals surface area (Å²) in [4.78, 5) is 50.7. The molecule has 1 aromatic carbocycles. The molecule has 10 nitrogen and oxygen atoms in total. The Labute approximate surface area is 180 Å². The second-order valence-corrected chi connectivity index (χ2v) is 9.78. The third kappa shape index (κ3) is 5.60. The van der Waals surface area contributed by atoms with Gasteiger partial charge in [-0.15, -0.1) is 0 Å². The Morgan fingerprint density at radius 2 is 1.94 bits per heavy atom. The first-order valence-corrected chi connectivity index (χ1v) is 11.9. The zero-order valence-corrected chi connectivity index (χ0v) is 18.0. The summed E-state index contributed by atoms with van der Waals surface area (Å²) in [7, 11) is -3.14. The van der Waals surface area contributed by atoms with E-state index in [-0.39, 0.29) is 42.1 Å². The number of imide groups is 1. The van der Waals surface area contributed by atoms with E-state index in [2.05, 4.69) is 5.32 Å². The topological polar surface area (TPSA) is 130 Å². The van der Waals surface area contributed by atoms with Gasteiger partial charge in [-0.25, -0.2) is 18.0 Å². The Morgan fingerprint density at radius 1 is 1.23 bits per heavy atom. The first kappa shape index (κ1) is 22.7. The summed E-state index contributed by atoms with van der Waals surface area (Å²) in [6.07, 6.45) is 1.05. The van der Waals surface area contributed by atoms with Crippen LogP contribution in [0.5, 0.6) is 0 Å². The van der Waals surface area contributed by atoms with E-state index in [0.717, 1.165) is 4.90 Å². The van der Waals surface area contributed by atoms with Gasteiger partial charge < -0.3 is 15.0 Å². The van der Waals surface area contributed by atoms with Crippen molar-refractivity contribution in [2.75, 3.05) is 31.2 Å². The van der Waals surface area contributed by atoms with Crippen LogP contribution >= 0.6 is 0 Å². The second-order valence-electron chi connectivity index (χ2n) is 7.56. The first-order chi connectivity index (χ1) is 14.7. The molecule has 0 spiro atoms. The highest BCUT2D eigenvalue weighted by molar-refractivity contribution is 7.91. The maximum Gasteiger partial charge on any atom is 0.338 e. The van der Waals surface area contributed by atoms with E-state index in [1.54, 1.807) is 12.1 Å². The van der Waals surface area contributed by atoms with Gasteiger partial charge in [0.1, 0.15) is 0 Å². The fourth-order valence-corrected chi connectivity index (χ4v) is 5.34. The van der Waals surface area contributed by atoms with Gasteiger partial charge in [0, 0.05) is 12.6 Å². The van der Waals surface area contributed by atoms with Crippen molar-refractivity contribution in [2.45, 2.75) is 32.4 Å². The molecule has 31 heavy (non-hydrogen) atoms. The van der Waals surface area contributed by atoms with E-state index in [1.807, 2.05) is 6.92 Å². The first-order valence-electron chi connectivity index (χ1n) is 10.0. The number of ether oxygens (including phenoxy) is 1. The molecular weight excluding hydrogens is 426 g/mol. The van der Waals surface area contributed by atoms with Gasteiger partial charge in [-0.3, -0.25) is 14.5 Å². The molecule has 0 aromatic heterocycles. The van der Waals surface area contributed by atoms with Crippen LogP contribution in [0, 0.1) is 0 Å². The lowest BCUT2D eigenvalue weighted by Crippen LogP contribution is -2.43. The number of amides is 4. The van der Waals surface area contributed by atoms with Gasteiger partial charge in [-0.2, -0.15) is 0 Å². The van der Waals surface area contributed by atoms with Gasteiger partial charge in [0.25, 0.3) is 5.91 Å². The Morgan fingerprint density at radius 3 is 2.48 bits per heavy atom. The maximum atomic E-state index is 12.6. The minimum atomic E-state index is -3.14. The molecule has 1 atom stereocenters. The average Bonchev–Trinajstić information content (AvgIpc) is 3.26. The summed E-state index contributed by atoms with van der Waals surface area (Å²) >= 11 is 0. The summed E-state index contributed by atoms with van der Waals surface area (Å²) < 4.78 is 28.6. The summed E-state index contributed by atoms with van der Waals surface area (Å²) in [5, 5.41) is 2.43. The van der Waals surface area contributed by atoms with E-state index in [9.17, 15) is 27.6 Å². The quantitative estimate of drug-likeness (QED) is 0.445. The van der Waals surface area contributed by atoms with Crippen LogP contribution in [-0.4, -0.2) is 79.3 Å². The molecule has 168 valence electrons. The zero-order chi connectivity index (χ0) is 22.6. The summed E-state index contributed by atoms with van der Waals surface area (Å²) in [5.74, 6) is -1.44. The molecule has 2 aliphatic rings. The Bertz CT molecular complexity index is 959. The number of hydrogen-bond donors (Lipinski definition) is 1. The van der Waals surface area contributed by atoms with Crippen LogP contribution in [-0.2, 0) is 30.7 Å². The third-order valence-corrected chi connectivity index (χ3v) is 6.98. The van der Waals surface area contributed by atoms with Crippen LogP contribution < -0.4 is 5.32 Å². The number of urea groups is 1. The smallest absolute Gasteiger partial charge is 0.338 e. The summed E-state index contributed by atoms with van der Waals surface area (Å²) in [6, 6.07) is 5.34. The van der Waals surface area contributed by atoms with Crippen molar-refractivity contribution in [3.05, 3.63) is 35.4 Å². The van der Waals surface area contributed by atoms with Crippen molar-refractivity contribution >= 4 is 33.7 Å². The van der Waals surface area contributed by atoms with Crippen LogP contribution in [0.1, 0.15) is 35.7 Å². The number of benzene rings is 1. The molecule has 2 aliphatic heterocycles. The van der Waals surface area contributed by atoms with Crippen molar-refractivity contribution < 1.29 is 32.3 Å². The lowest BCUT2D eigenvalue weighted by Gasteiger charge is -2.27. The number of nitrogens with zero attached hydrogens (tertiary/aromatic N) is 2. The van der Waals surface area contributed by atoms with Gasteiger partial charge in [-0.05, 0) is 30.5 Å². The molecule has 0 saturated carbocycles. The minimum absolute atomic E-state index is 0.0287. The third-order valence-electron chi connectivity index (χ3n) is 5.23. The number of hydrogen-bond acceptors (Lipinski definition) is 7. The predicted octanol–water partition coefficient (Wildman–Crippen LogP) is 0.321. The van der Waals surface area contributed by atoms with E-state index >= 15 is 0 Å². The van der Waals surface area contributed by atoms with E-state index in [1.165, 1.54) is 17.0 Å². The van der Waals surface area contributed by atoms with Crippen LogP contribution in [0.15, 0.2) is 24.3 Å². The highest BCUT2D eigenvalue weighted by Crippen LogP contribution is 2.19. The summed E-state index contributed by atoms with van der Waals surface area (Å²) in [6.45, 7) is 1.87. The van der Waals surface area contributed by atoms with Crippen molar-refractivity contribution in [3.8, 4) is 0 Å². The van der Waals surface area contributed by atoms with Gasteiger partial charge in [0.05, 0.1) is 30.2 Å². The van der Waals surface area contributed by atoms with Crippen LogP contribution in [0.2, 0.25) is 0 Å². The lowest BCUT2D eigenvalue weighted by atomic mass is 10.1. The van der Waals surface area contributed by atoms with Gasteiger partial charge in [-0.1, -0.05) is 19.1 Å². The van der Waals surface area contributed by atoms with Crippen molar-refractivity contribution in [1.29, 1.82) is 0 Å². The highest BCUT2D eigenvalue weighted by Gasteiger charge is 2.34. The molecule has 2 heterocycles. The maximum absolute atomic E-state index is 12.6. The zero-order valence-electron chi connectivity index (χ0n) is 17.2. The molecule has 0 bridgehead atoms. The van der Waals surface area contributed by atoms with Crippen molar-refractivity contribution in [1.82, 2.24) is 15.1 Å². The van der Waals surface area contributed by atoms with E-state index in [0.29, 0.717) is 24.9 Å². The lowest BCUT2D eigenvalue weighted by molar-refractivity contribution is -0.136. The number of esters is 1. The number of carbonyl (C=O) groups is 4. The average molecular weight is 452 g/mol. The monoisotopic (exact) mass is 451 g/mol. The molecular formula is C20H25N3O7S. The van der Waals surface area contributed by atoms with Crippen LogP contribution in [0.4, 0.5) is 4.79 Å². The van der Waals surface area contributed by atoms with Crippen molar-refractivity contribution in [3.63, 3.8) is 0 Å². The van der Waals surface area contributed by atoms with Crippen molar-refractivity contribution in [2.24, 2.45) is 0 Å². The molecule has 1 aromatic rings. The number of carbonyl (C=O) groups excluding carboxylic acids is 4. The van der Waals surface area contributed by atoms with Gasteiger partial charge >= 0.3 is 12.0 Å².